The largest absolute Gasteiger partial charge is 0.384 e. The van der Waals surface area contributed by atoms with Crippen molar-refractivity contribution >= 4 is 17.7 Å². The number of hydrogen-bond acceptors (Lipinski definition) is 4. The van der Waals surface area contributed by atoms with Gasteiger partial charge in [-0.05, 0) is 5.56 Å². The number of methoxy groups -OCH3 is 1. The fourth-order valence-corrected chi connectivity index (χ4v) is 2.48. The van der Waals surface area contributed by atoms with Crippen LogP contribution in [0.3, 0.4) is 0 Å². The van der Waals surface area contributed by atoms with Gasteiger partial charge in [0.1, 0.15) is 0 Å². The van der Waals surface area contributed by atoms with Crippen LogP contribution in [0.15, 0.2) is 30.3 Å². The first-order chi connectivity index (χ1) is 8.29. The van der Waals surface area contributed by atoms with Gasteiger partial charge in [-0.2, -0.15) is 11.8 Å². The van der Waals surface area contributed by atoms with Gasteiger partial charge in [-0.3, -0.25) is 10.2 Å². The molecule has 17 heavy (non-hydrogen) atoms. The van der Waals surface area contributed by atoms with Gasteiger partial charge in [-0.15, -0.1) is 0 Å². The third-order valence-electron chi connectivity index (χ3n) is 2.38. The van der Waals surface area contributed by atoms with Crippen molar-refractivity contribution in [2.24, 2.45) is 5.84 Å². The Balaban J connectivity index is 2.59. The van der Waals surface area contributed by atoms with Gasteiger partial charge in [-0.1, -0.05) is 30.3 Å². The quantitative estimate of drug-likeness (QED) is 0.331. The molecular formula is C12H18N2O2S. The molecule has 1 rings (SSSR count). The summed E-state index contributed by atoms with van der Waals surface area (Å²) in [6.07, 6.45) is 0. The van der Waals surface area contributed by atoms with E-state index in [1.54, 1.807) is 18.9 Å². The van der Waals surface area contributed by atoms with E-state index in [4.69, 9.17) is 10.6 Å². The maximum Gasteiger partial charge on any atom is 0.242 e. The average molecular weight is 254 g/mol. The molecule has 0 fully saturated rings. The van der Waals surface area contributed by atoms with E-state index in [1.165, 1.54) is 0 Å². The molecule has 3 N–H and O–H groups in total. The fraction of sp³-hybridized carbons (Fsp3) is 0.417. The van der Waals surface area contributed by atoms with E-state index in [0.29, 0.717) is 12.4 Å². The van der Waals surface area contributed by atoms with Crippen molar-refractivity contribution in [1.82, 2.24) is 5.43 Å². The molecule has 0 aliphatic heterocycles. The van der Waals surface area contributed by atoms with E-state index >= 15 is 0 Å². The molecule has 0 aliphatic carbocycles. The van der Waals surface area contributed by atoms with Crippen molar-refractivity contribution < 1.29 is 9.53 Å². The summed E-state index contributed by atoms with van der Waals surface area (Å²) >= 11 is 1.68. The van der Waals surface area contributed by atoms with E-state index in [9.17, 15) is 4.79 Å². The zero-order chi connectivity index (χ0) is 12.5. The van der Waals surface area contributed by atoms with E-state index in [2.05, 4.69) is 5.43 Å². The van der Waals surface area contributed by atoms with Gasteiger partial charge >= 0.3 is 0 Å². The number of thioether (sulfide) groups is 1. The maximum absolute atomic E-state index is 11.7. The first-order valence-corrected chi connectivity index (χ1v) is 6.57. The highest BCUT2D eigenvalue weighted by atomic mass is 32.2. The first kappa shape index (κ1) is 14.0. The number of nitrogens with one attached hydrogen (secondary N) is 1. The molecule has 94 valence electrons. The van der Waals surface area contributed by atoms with Gasteiger partial charge in [0, 0.05) is 18.6 Å². The molecule has 4 nitrogen and oxygen atoms in total. The molecule has 1 aromatic carbocycles. The van der Waals surface area contributed by atoms with Crippen LogP contribution in [-0.4, -0.2) is 31.1 Å². The first-order valence-electron chi connectivity index (χ1n) is 5.41. The molecule has 0 saturated carbocycles. The zero-order valence-electron chi connectivity index (χ0n) is 9.89. The molecule has 0 spiro atoms. The Kier molecular flexibility index (Phi) is 6.69. The van der Waals surface area contributed by atoms with Crippen LogP contribution in [0.1, 0.15) is 11.5 Å². The maximum atomic E-state index is 11.7. The molecule has 5 heteroatoms. The van der Waals surface area contributed by atoms with Crippen molar-refractivity contribution in [2.45, 2.75) is 5.92 Å². The molecule has 1 aromatic rings. The lowest BCUT2D eigenvalue weighted by molar-refractivity contribution is -0.122. The summed E-state index contributed by atoms with van der Waals surface area (Å²) in [4.78, 5) is 11.7. The highest BCUT2D eigenvalue weighted by molar-refractivity contribution is 7.99. The molecule has 1 atom stereocenters. The summed E-state index contributed by atoms with van der Waals surface area (Å²) in [5.41, 5.74) is 3.21. The van der Waals surface area contributed by atoms with Crippen molar-refractivity contribution in [2.75, 3.05) is 25.2 Å². The summed E-state index contributed by atoms with van der Waals surface area (Å²) in [6, 6.07) is 9.66. The van der Waals surface area contributed by atoms with Gasteiger partial charge in [0.15, 0.2) is 0 Å². The van der Waals surface area contributed by atoms with Crippen LogP contribution in [0.5, 0.6) is 0 Å². The molecule has 1 unspecified atom stereocenters. The van der Waals surface area contributed by atoms with Gasteiger partial charge in [0.05, 0.1) is 12.5 Å². The predicted molar refractivity (Wildman–Crippen MR) is 70.7 cm³/mol. The second-order valence-electron chi connectivity index (χ2n) is 3.54. The smallest absolute Gasteiger partial charge is 0.242 e. The second kappa shape index (κ2) is 8.11. The monoisotopic (exact) mass is 254 g/mol. The Morgan fingerprint density at radius 2 is 2.18 bits per heavy atom. The molecule has 0 radical (unpaired) electrons. The molecule has 0 aromatic heterocycles. The lowest BCUT2D eigenvalue weighted by Gasteiger charge is -2.15. The van der Waals surface area contributed by atoms with E-state index in [1.807, 2.05) is 30.3 Å². The van der Waals surface area contributed by atoms with E-state index in [-0.39, 0.29) is 11.8 Å². The minimum absolute atomic E-state index is 0.152. The zero-order valence-corrected chi connectivity index (χ0v) is 10.7. The number of ether oxygens (including phenoxy) is 1. The molecule has 0 heterocycles. The van der Waals surface area contributed by atoms with Gasteiger partial charge < -0.3 is 4.74 Å². The fourth-order valence-electron chi connectivity index (χ4n) is 1.45. The molecular weight excluding hydrogens is 236 g/mol. The number of nitrogens with two attached hydrogens (primary N) is 1. The molecule has 0 bridgehead atoms. The minimum Gasteiger partial charge on any atom is -0.384 e. The van der Waals surface area contributed by atoms with Crippen LogP contribution in [0, 0.1) is 0 Å². The SMILES string of the molecule is COCCSCC(C(=O)NN)c1ccccc1. The predicted octanol–water partition coefficient (Wildman–Crippen LogP) is 1.14. The highest BCUT2D eigenvalue weighted by Gasteiger charge is 2.19. The number of benzene rings is 1. The van der Waals surface area contributed by atoms with E-state index < -0.39 is 0 Å². The number of carbonyl (C=O) groups is 1. The summed E-state index contributed by atoms with van der Waals surface area (Å²) < 4.78 is 4.97. The molecule has 0 saturated heterocycles. The standard InChI is InChI=1S/C12H18N2O2S/c1-16-7-8-17-9-11(12(15)14-13)10-5-3-2-4-6-10/h2-6,11H,7-9,13H2,1H3,(H,14,15). The van der Waals surface area contributed by atoms with E-state index in [0.717, 1.165) is 11.3 Å². The minimum atomic E-state index is -0.206. The Morgan fingerprint density at radius 3 is 2.76 bits per heavy atom. The highest BCUT2D eigenvalue weighted by Crippen LogP contribution is 2.20. The third-order valence-corrected chi connectivity index (χ3v) is 3.40. The topological polar surface area (TPSA) is 64.3 Å². The molecule has 0 aliphatic rings. The number of amides is 1. The van der Waals surface area contributed by atoms with Crippen LogP contribution in [0.4, 0.5) is 0 Å². The van der Waals surface area contributed by atoms with Crippen LogP contribution in [-0.2, 0) is 9.53 Å². The lowest BCUT2D eigenvalue weighted by Crippen LogP contribution is -2.35. The summed E-state index contributed by atoms with van der Waals surface area (Å²) in [5.74, 6) is 6.43. The van der Waals surface area contributed by atoms with Gasteiger partial charge in [0.2, 0.25) is 5.91 Å². The molecule has 1 amide bonds. The summed E-state index contributed by atoms with van der Waals surface area (Å²) in [5, 5.41) is 0. The van der Waals surface area contributed by atoms with Crippen LogP contribution < -0.4 is 11.3 Å². The Bertz CT molecular complexity index is 333. The number of carbonyl (C=O) groups excluding carboxylic acids is 1. The van der Waals surface area contributed by atoms with Crippen LogP contribution >= 0.6 is 11.8 Å². The third kappa shape index (κ3) is 4.77. The number of hydrazine groups is 1. The number of rotatable bonds is 7. The van der Waals surface area contributed by atoms with Crippen LogP contribution in [0.2, 0.25) is 0 Å². The summed E-state index contributed by atoms with van der Waals surface area (Å²) in [6.45, 7) is 0.691. The van der Waals surface area contributed by atoms with Gasteiger partial charge in [0.25, 0.3) is 0 Å². The Labute approximate surface area is 106 Å². The van der Waals surface area contributed by atoms with Crippen molar-refractivity contribution in [3.8, 4) is 0 Å². The normalized spacial score (nSPS) is 12.1. The van der Waals surface area contributed by atoms with Crippen molar-refractivity contribution in [3.05, 3.63) is 35.9 Å². The van der Waals surface area contributed by atoms with Crippen molar-refractivity contribution in [1.29, 1.82) is 0 Å². The Morgan fingerprint density at radius 1 is 1.47 bits per heavy atom. The van der Waals surface area contributed by atoms with Gasteiger partial charge in [-0.25, -0.2) is 5.84 Å². The van der Waals surface area contributed by atoms with Crippen molar-refractivity contribution in [3.63, 3.8) is 0 Å². The summed E-state index contributed by atoms with van der Waals surface area (Å²) in [7, 11) is 1.67. The number of hydrogen-bond donors (Lipinski definition) is 2. The Hall–Kier alpha value is -1.04. The lowest BCUT2D eigenvalue weighted by atomic mass is 10.0. The van der Waals surface area contributed by atoms with Crippen LogP contribution in [0.25, 0.3) is 0 Å². The second-order valence-corrected chi connectivity index (χ2v) is 4.69. The average Bonchev–Trinajstić information content (AvgIpc) is 2.39.